The number of aliphatic hydroxyl groups is 1. The van der Waals surface area contributed by atoms with Gasteiger partial charge in [0.25, 0.3) is 0 Å². The summed E-state index contributed by atoms with van der Waals surface area (Å²) in [6, 6.07) is -1.58. The Morgan fingerprint density at radius 1 is 1.15 bits per heavy atom. The number of carbonyl (C=O) groups is 3. The largest absolute Gasteiger partial charge is 0.465 e. The highest BCUT2D eigenvalue weighted by Gasteiger charge is 2.72. The fraction of sp³-hybridized carbons (Fsp3) is 0.731. The van der Waals surface area contributed by atoms with Gasteiger partial charge in [-0.3, -0.25) is 14.4 Å². The molecule has 1 spiro atoms. The summed E-state index contributed by atoms with van der Waals surface area (Å²) in [6.07, 6.45) is 8.12. The molecule has 4 rings (SSSR count). The number of fused-ring (bicyclic) bond motifs is 2. The van der Waals surface area contributed by atoms with Crippen LogP contribution in [0.2, 0.25) is 0 Å². The van der Waals surface area contributed by atoms with Crippen molar-refractivity contribution >= 4 is 17.8 Å². The van der Waals surface area contributed by atoms with Gasteiger partial charge < -0.3 is 24.4 Å². The van der Waals surface area contributed by atoms with Crippen LogP contribution in [0.5, 0.6) is 0 Å². The molecule has 0 radical (unpaired) electrons. The van der Waals surface area contributed by atoms with Crippen molar-refractivity contribution < 1.29 is 29.0 Å². The number of esters is 1. The summed E-state index contributed by atoms with van der Waals surface area (Å²) < 4.78 is 12.0. The highest BCUT2D eigenvalue weighted by atomic mass is 16.6. The predicted octanol–water partition coefficient (Wildman–Crippen LogP) is 2.06. The monoisotopic (exact) mass is 474 g/mol. The molecule has 0 aromatic heterocycles. The minimum absolute atomic E-state index is 0.0204. The second-order valence-electron chi connectivity index (χ2n) is 11.9. The fourth-order valence-electron chi connectivity index (χ4n) is 6.55. The summed E-state index contributed by atoms with van der Waals surface area (Å²) in [6.45, 7) is 12.5. The molecule has 0 saturated carbocycles. The minimum atomic E-state index is -1.30. The molecule has 0 aromatic carbocycles. The number of hydrogen-bond donors (Lipinski definition) is 1. The van der Waals surface area contributed by atoms with Gasteiger partial charge in [-0.05, 0) is 39.0 Å². The minimum Gasteiger partial charge on any atom is -0.465 e. The second kappa shape index (κ2) is 8.48. The fourth-order valence-corrected chi connectivity index (χ4v) is 6.55. The smallest absolute Gasteiger partial charge is 0.312 e. The van der Waals surface area contributed by atoms with E-state index in [4.69, 9.17) is 9.47 Å². The lowest BCUT2D eigenvalue weighted by Crippen LogP contribution is -2.61. The van der Waals surface area contributed by atoms with Crippen LogP contribution < -0.4 is 0 Å². The molecule has 2 fully saturated rings. The molecular formula is C26H38N2O6. The van der Waals surface area contributed by atoms with Gasteiger partial charge in [0.05, 0.1) is 31.3 Å². The molecule has 4 aliphatic heterocycles. The van der Waals surface area contributed by atoms with Gasteiger partial charge >= 0.3 is 5.97 Å². The Morgan fingerprint density at radius 3 is 2.50 bits per heavy atom. The maximum absolute atomic E-state index is 14.3. The van der Waals surface area contributed by atoms with Gasteiger partial charge in [-0.25, -0.2) is 0 Å². The Bertz CT molecular complexity index is 919. The Labute approximate surface area is 201 Å². The van der Waals surface area contributed by atoms with Crippen LogP contribution in [0.4, 0.5) is 0 Å². The highest BCUT2D eigenvalue weighted by Crippen LogP contribution is 2.54. The third kappa shape index (κ3) is 3.88. The molecule has 0 aliphatic carbocycles. The summed E-state index contributed by atoms with van der Waals surface area (Å²) in [4.78, 5) is 44.5. The van der Waals surface area contributed by atoms with Gasteiger partial charge in [0.15, 0.2) is 0 Å². The number of nitrogens with zero attached hydrogens (tertiary/aromatic N) is 2. The van der Waals surface area contributed by atoms with Crippen LogP contribution in [-0.2, 0) is 23.9 Å². The number of hydrogen-bond acceptors (Lipinski definition) is 6. The molecule has 2 amide bonds. The summed E-state index contributed by atoms with van der Waals surface area (Å²) in [5.41, 5.74) is -1.81. The standard InChI is InChI=1S/C26H38N2O6/c1-16(14-29)28-20-22(31)27(25(5,6)15-24(2,3)4)12-9-11-26(20)19(21(28)30)18-17(34-26)10-7-8-13-33-23(18)32/h7,9-11,16-20,29H,8,12-15H2,1-6H3/t16-,17-,18+,19+,20?,26+/m1/s1. The van der Waals surface area contributed by atoms with Crippen LogP contribution >= 0.6 is 0 Å². The number of amides is 2. The predicted molar refractivity (Wildman–Crippen MR) is 125 cm³/mol. The molecule has 6 atom stereocenters. The molecule has 0 bridgehead atoms. The molecule has 1 unspecified atom stereocenters. The van der Waals surface area contributed by atoms with Crippen molar-refractivity contribution in [3.8, 4) is 0 Å². The van der Waals surface area contributed by atoms with E-state index in [2.05, 4.69) is 20.8 Å². The van der Waals surface area contributed by atoms with Crippen molar-refractivity contribution in [2.75, 3.05) is 19.8 Å². The number of aliphatic hydroxyl groups excluding tert-OH is 1. The number of rotatable bonds is 4. The topological polar surface area (TPSA) is 96.4 Å². The lowest BCUT2D eigenvalue weighted by Gasteiger charge is -2.45. The molecule has 4 aliphatic rings. The molecule has 0 aromatic rings. The van der Waals surface area contributed by atoms with Crippen LogP contribution in [0.25, 0.3) is 0 Å². The maximum Gasteiger partial charge on any atom is 0.312 e. The second-order valence-corrected chi connectivity index (χ2v) is 11.9. The van der Waals surface area contributed by atoms with Crippen LogP contribution in [0.15, 0.2) is 24.3 Å². The normalized spacial score (nSPS) is 34.7. The Hall–Kier alpha value is -2.19. The molecule has 34 heavy (non-hydrogen) atoms. The molecule has 1 N–H and O–H groups in total. The van der Waals surface area contributed by atoms with Crippen molar-refractivity contribution in [2.45, 2.75) is 83.7 Å². The van der Waals surface area contributed by atoms with Gasteiger partial charge in [0.2, 0.25) is 11.8 Å². The third-order valence-electron chi connectivity index (χ3n) is 7.49. The molecule has 8 nitrogen and oxygen atoms in total. The molecule has 8 heteroatoms. The zero-order valence-electron chi connectivity index (χ0n) is 21.1. The van der Waals surface area contributed by atoms with E-state index in [9.17, 15) is 19.5 Å². The summed E-state index contributed by atoms with van der Waals surface area (Å²) in [7, 11) is 0. The van der Waals surface area contributed by atoms with Crippen molar-refractivity contribution in [1.82, 2.24) is 9.80 Å². The van der Waals surface area contributed by atoms with E-state index < -0.39 is 47.1 Å². The number of cyclic esters (lactones) is 1. The maximum atomic E-state index is 14.3. The van der Waals surface area contributed by atoms with Crippen LogP contribution in [0, 0.1) is 17.3 Å². The third-order valence-corrected chi connectivity index (χ3v) is 7.49. The van der Waals surface area contributed by atoms with Crippen molar-refractivity contribution in [1.29, 1.82) is 0 Å². The van der Waals surface area contributed by atoms with Crippen molar-refractivity contribution in [3.63, 3.8) is 0 Å². The van der Waals surface area contributed by atoms with Crippen LogP contribution in [-0.4, -0.2) is 81.8 Å². The van der Waals surface area contributed by atoms with Crippen molar-refractivity contribution in [3.05, 3.63) is 24.3 Å². The van der Waals surface area contributed by atoms with Crippen molar-refractivity contribution in [2.24, 2.45) is 17.3 Å². The first-order chi connectivity index (χ1) is 15.8. The van der Waals surface area contributed by atoms with Gasteiger partial charge in [-0.1, -0.05) is 45.1 Å². The zero-order valence-corrected chi connectivity index (χ0v) is 21.1. The van der Waals surface area contributed by atoms with E-state index in [0.29, 0.717) is 13.0 Å². The first kappa shape index (κ1) is 24.9. The molecule has 2 saturated heterocycles. The van der Waals surface area contributed by atoms with E-state index >= 15 is 0 Å². The van der Waals surface area contributed by atoms with Crippen LogP contribution in [0.1, 0.15) is 54.4 Å². The van der Waals surface area contributed by atoms with Gasteiger partial charge in [0.1, 0.15) is 17.6 Å². The van der Waals surface area contributed by atoms with E-state index in [-0.39, 0.29) is 30.4 Å². The highest BCUT2D eigenvalue weighted by molar-refractivity contribution is 5.99. The molecule has 4 heterocycles. The van der Waals surface area contributed by atoms with Crippen LogP contribution in [0.3, 0.4) is 0 Å². The summed E-state index contributed by atoms with van der Waals surface area (Å²) >= 11 is 0. The summed E-state index contributed by atoms with van der Waals surface area (Å²) in [5.74, 6) is -2.77. The number of likely N-dealkylation sites (tertiary alicyclic amines) is 1. The van der Waals surface area contributed by atoms with Gasteiger partial charge in [0, 0.05) is 12.1 Å². The van der Waals surface area contributed by atoms with E-state index in [0.717, 1.165) is 6.42 Å². The SMILES string of the molecule is C[C@H](CO)N1C(=O)[C@@H]2[C@H]3C(=O)OCCC=C[C@H]3O[C@@]23C=CCN(C(C)(C)CC(C)(C)C)C(=O)C13. The summed E-state index contributed by atoms with van der Waals surface area (Å²) in [5, 5.41) is 9.99. The zero-order chi connectivity index (χ0) is 25.1. The number of carbonyl (C=O) groups excluding carboxylic acids is 3. The lowest BCUT2D eigenvalue weighted by atomic mass is 9.77. The van der Waals surface area contributed by atoms with Gasteiger partial charge in [-0.2, -0.15) is 0 Å². The average Bonchev–Trinajstić information content (AvgIpc) is 3.09. The first-order valence-corrected chi connectivity index (χ1v) is 12.3. The van der Waals surface area contributed by atoms with E-state index in [1.807, 2.05) is 43.1 Å². The Morgan fingerprint density at radius 2 is 1.85 bits per heavy atom. The first-order valence-electron chi connectivity index (χ1n) is 12.3. The molecule has 188 valence electrons. The van der Waals surface area contributed by atoms with E-state index in [1.165, 1.54) is 4.90 Å². The number of ether oxygens (including phenoxy) is 2. The lowest BCUT2D eigenvalue weighted by molar-refractivity contribution is -0.157. The van der Waals surface area contributed by atoms with Gasteiger partial charge in [-0.15, -0.1) is 0 Å². The average molecular weight is 475 g/mol. The Balaban J connectivity index is 1.83. The Kier molecular flexibility index (Phi) is 6.22. The molecular weight excluding hydrogens is 436 g/mol. The van der Waals surface area contributed by atoms with E-state index in [1.54, 1.807) is 6.92 Å². The quantitative estimate of drug-likeness (QED) is 0.495.